The van der Waals surface area contributed by atoms with E-state index < -0.39 is 11.1 Å². The molecular weight excluding hydrogens is 334 g/mol. The minimum absolute atomic E-state index is 0.0174. The van der Waals surface area contributed by atoms with Crippen LogP contribution in [0.2, 0.25) is 0 Å². The number of piperidine rings is 1. The maximum absolute atomic E-state index is 13.1. The first kappa shape index (κ1) is 18.3. The third kappa shape index (κ3) is 2.65. The Balaban J connectivity index is 2.21. The molecule has 2 N–H and O–H groups in total. The molecule has 0 saturated carbocycles. The number of aryl methyl sites for hydroxylation is 1. The summed E-state index contributed by atoms with van der Waals surface area (Å²) in [6.07, 6.45) is 2.38. The molecule has 1 aliphatic rings. The van der Waals surface area contributed by atoms with Crippen LogP contribution in [0.5, 0.6) is 0 Å². The molecule has 0 aromatic carbocycles. The number of nitrogens with two attached hydrogens (primary N) is 1. The summed E-state index contributed by atoms with van der Waals surface area (Å²) in [5, 5.41) is 0.618. The number of carbonyl (C=O) groups is 1. The number of hydrogen-bond donors (Lipinski definition) is 1. The highest BCUT2D eigenvalue weighted by molar-refractivity contribution is 5.85. The van der Waals surface area contributed by atoms with Gasteiger partial charge in [-0.15, -0.1) is 0 Å². The van der Waals surface area contributed by atoms with Crippen molar-refractivity contribution in [3.05, 3.63) is 28.3 Å². The fourth-order valence-electron chi connectivity index (χ4n) is 4.19. The van der Waals surface area contributed by atoms with Crippen molar-refractivity contribution in [2.45, 2.75) is 44.8 Å². The van der Waals surface area contributed by atoms with Crippen LogP contribution in [0, 0.1) is 0 Å². The summed E-state index contributed by atoms with van der Waals surface area (Å²) in [5.41, 5.74) is 5.59. The Bertz CT molecular complexity index is 936. The molecule has 140 valence electrons. The van der Waals surface area contributed by atoms with Gasteiger partial charge in [0.15, 0.2) is 0 Å². The molecule has 8 heteroatoms. The van der Waals surface area contributed by atoms with Crippen LogP contribution in [0.3, 0.4) is 0 Å². The van der Waals surface area contributed by atoms with E-state index in [4.69, 9.17) is 10.5 Å². The second-order valence-electron chi connectivity index (χ2n) is 7.53. The van der Waals surface area contributed by atoms with E-state index in [0.29, 0.717) is 41.8 Å². The second-order valence-corrected chi connectivity index (χ2v) is 7.53. The van der Waals surface area contributed by atoms with E-state index in [1.807, 2.05) is 18.7 Å². The van der Waals surface area contributed by atoms with Crippen molar-refractivity contribution >= 4 is 22.8 Å². The molecule has 8 nitrogen and oxygen atoms in total. The number of anilines is 1. The predicted molar refractivity (Wildman–Crippen MR) is 98.6 cm³/mol. The Morgan fingerprint density at radius 1 is 1.35 bits per heavy atom. The molecule has 2 aromatic heterocycles. The maximum atomic E-state index is 13.1. The number of aromatic nitrogens is 3. The molecule has 0 spiro atoms. The van der Waals surface area contributed by atoms with E-state index in [1.165, 1.54) is 10.9 Å². The van der Waals surface area contributed by atoms with Crippen LogP contribution in [-0.2, 0) is 22.2 Å². The first-order chi connectivity index (χ1) is 12.1. The van der Waals surface area contributed by atoms with Crippen molar-refractivity contribution in [2.24, 2.45) is 7.05 Å². The summed E-state index contributed by atoms with van der Waals surface area (Å²) in [6.45, 7) is 6.06. The summed E-state index contributed by atoms with van der Waals surface area (Å²) in [7, 11) is 3.27. The highest BCUT2D eigenvalue weighted by Crippen LogP contribution is 2.43. The fraction of sp³-hybridized carbons (Fsp3) is 0.556. The molecule has 1 aliphatic heterocycles. The highest BCUT2D eigenvalue weighted by atomic mass is 16.5. The van der Waals surface area contributed by atoms with Gasteiger partial charge in [-0.25, -0.2) is 9.97 Å². The summed E-state index contributed by atoms with van der Waals surface area (Å²) in [6, 6.07) is 1.75. The van der Waals surface area contributed by atoms with Gasteiger partial charge in [-0.1, -0.05) is 0 Å². The van der Waals surface area contributed by atoms with E-state index in [1.54, 1.807) is 27.1 Å². The topological polar surface area (TPSA) is 103 Å². The van der Waals surface area contributed by atoms with Gasteiger partial charge in [0.2, 0.25) is 5.91 Å². The van der Waals surface area contributed by atoms with Gasteiger partial charge in [-0.2, -0.15) is 0 Å². The number of rotatable bonds is 2. The number of ether oxygens (including phenoxy) is 1. The molecule has 0 radical (unpaired) electrons. The van der Waals surface area contributed by atoms with Crippen molar-refractivity contribution in [1.82, 2.24) is 19.4 Å². The summed E-state index contributed by atoms with van der Waals surface area (Å²) in [5.74, 6) is 0.335. The third-order valence-corrected chi connectivity index (χ3v) is 5.48. The lowest BCUT2D eigenvalue weighted by Gasteiger charge is -2.50. The van der Waals surface area contributed by atoms with Gasteiger partial charge in [-0.05, 0) is 26.3 Å². The maximum Gasteiger partial charge on any atom is 0.258 e. The minimum Gasteiger partial charge on any atom is -0.383 e. The summed E-state index contributed by atoms with van der Waals surface area (Å²) >= 11 is 0. The van der Waals surface area contributed by atoms with Gasteiger partial charge < -0.3 is 15.4 Å². The average Bonchev–Trinajstić information content (AvgIpc) is 2.57. The van der Waals surface area contributed by atoms with E-state index in [0.717, 1.165) is 0 Å². The Labute approximate surface area is 152 Å². The minimum atomic E-state index is -0.805. The van der Waals surface area contributed by atoms with Crippen LogP contribution in [0.4, 0.5) is 5.82 Å². The zero-order valence-electron chi connectivity index (χ0n) is 15.9. The SMILES string of the molecule is COC1(c2cc3c(N)ncnc3n(C)c2=O)CCN(C(C)=O)C(C)(C)C1. The second kappa shape index (κ2) is 6.05. The lowest BCUT2D eigenvalue weighted by atomic mass is 9.75. The molecule has 1 fully saturated rings. The number of hydrogen-bond acceptors (Lipinski definition) is 6. The lowest BCUT2D eigenvalue weighted by molar-refractivity contribution is -0.149. The quantitative estimate of drug-likeness (QED) is 0.863. The van der Waals surface area contributed by atoms with Crippen molar-refractivity contribution in [3.63, 3.8) is 0 Å². The monoisotopic (exact) mass is 359 g/mol. The standard InChI is InChI=1S/C18H25N5O3/c1-11(24)23-7-6-18(26-5,9-17(23,2)3)13-8-12-14(19)20-10-21-15(12)22(4)16(13)25/h8,10H,6-7,9H2,1-5H3,(H2,19,20,21). The number of carbonyl (C=O) groups excluding carboxylic acids is 1. The largest absolute Gasteiger partial charge is 0.383 e. The molecule has 1 atom stereocenters. The van der Waals surface area contributed by atoms with Crippen LogP contribution in [0.25, 0.3) is 11.0 Å². The molecule has 1 saturated heterocycles. The Kier molecular flexibility index (Phi) is 4.26. The van der Waals surface area contributed by atoms with E-state index in [2.05, 4.69) is 9.97 Å². The fourth-order valence-corrected chi connectivity index (χ4v) is 4.19. The number of nitrogen functional groups attached to an aromatic ring is 1. The van der Waals surface area contributed by atoms with Gasteiger partial charge in [0, 0.05) is 39.6 Å². The van der Waals surface area contributed by atoms with E-state index in [9.17, 15) is 9.59 Å². The number of nitrogens with zero attached hydrogens (tertiary/aromatic N) is 4. The molecule has 2 aromatic rings. The van der Waals surface area contributed by atoms with Crippen LogP contribution >= 0.6 is 0 Å². The first-order valence-electron chi connectivity index (χ1n) is 8.57. The van der Waals surface area contributed by atoms with Gasteiger partial charge in [0.05, 0.1) is 10.9 Å². The number of pyridine rings is 1. The molecule has 26 heavy (non-hydrogen) atoms. The smallest absolute Gasteiger partial charge is 0.258 e. The number of likely N-dealkylation sites (tertiary alicyclic amines) is 1. The Hall–Kier alpha value is -2.48. The van der Waals surface area contributed by atoms with Gasteiger partial charge in [0.1, 0.15) is 23.4 Å². The predicted octanol–water partition coefficient (Wildman–Crippen LogP) is 1.17. The van der Waals surface area contributed by atoms with Gasteiger partial charge in [0.25, 0.3) is 5.56 Å². The summed E-state index contributed by atoms with van der Waals surface area (Å²) < 4.78 is 7.40. The molecular formula is C18H25N5O3. The zero-order valence-corrected chi connectivity index (χ0v) is 15.9. The van der Waals surface area contributed by atoms with Crippen LogP contribution < -0.4 is 11.3 Å². The third-order valence-electron chi connectivity index (χ3n) is 5.48. The van der Waals surface area contributed by atoms with Crippen LogP contribution in [-0.4, -0.2) is 44.5 Å². The Morgan fingerprint density at radius 3 is 2.62 bits per heavy atom. The van der Waals surface area contributed by atoms with E-state index >= 15 is 0 Å². The highest BCUT2D eigenvalue weighted by Gasteiger charge is 2.47. The molecule has 0 bridgehead atoms. The van der Waals surface area contributed by atoms with E-state index in [-0.39, 0.29) is 11.5 Å². The van der Waals surface area contributed by atoms with Crippen molar-refractivity contribution < 1.29 is 9.53 Å². The lowest BCUT2D eigenvalue weighted by Crippen LogP contribution is -2.58. The normalized spacial score (nSPS) is 22.6. The van der Waals surface area contributed by atoms with Gasteiger partial charge in [-0.3, -0.25) is 14.2 Å². The molecule has 3 rings (SSSR count). The molecule has 1 amide bonds. The molecule has 0 aliphatic carbocycles. The average molecular weight is 359 g/mol. The van der Waals surface area contributed by atoms with Crippen molar-refractivity contribution in [1.29, 1.82) is 0 Å². The number of fused-ring (bicyclic) bond motifs is 1. The number of methoxy groups -OCH3 is 1. The van der Waals surface area contributed by atoms with Crippen molar-refractivity contribution in [2.75, 3.05) is 19.4 Å². The van der Waals surface area contributed by atoms with Crippen molar-refractivity contribution in [3.8, 4) is 0 Å². The molecule has 1 unspecified atom stereocenters. The van der Waals surface area contributed by atoms with Crippen LogP contribution in [0.1, 0.15) is 39.2 Å². The molecule has 3 heterocycles. The Morgan fingerprint density at radius 2 is 2.04 bits per heavy atom. The first-order valence-corrected chi connectivity index (χ1v) is 8.57. The van der Waals surface area contributed by atoms with Gasteiger partial charge >= 0.3 is 0 Å². The number of amides is 1. The van der Waals surface area contributed by atoms with Crippen LogP contribution in [0.15, 0.2) is 17.2 Å². The zero-order chi connectivity index (χ0) is 19.3. The summed E-state index contributed by atoms with van der Waals surface area (Å²) in [4.78, 5) is 35.1.